The summed E-state index contributed by atoms with van der Waals surface area (Å²) < 4.78 is 29.6. The zero-order valence-electron chi connectivity index (χ0n) is 15.7. The van der Waals surface area contributed by atoms with Gasteiger partial charge < -0.3 is 5.11 Å². The Bertz CT molecular complexity index is 910. The molecular formula is C20H21F2N3O2S. The molecule has 0 saturated heterocycles. The Morgan fingerprint density at radius 3 is 2.61 bits per heavy atom. The molecule has 28 heavy (non-hydrogen) atoms. The normalized spacial score (nSPS) is 16.6. The fourth-order valence-electron chi connectivity index (χ4n) is 2.94. The number of pyridine rings is 1. The largest absolute Gasteiger partial charge is 0.481 e. The SMILES string of the molecule is CC(C)Sc1cccc(-c2cc(F)c(N3C=C(CC(=O)O)C(C)N3)c(F)c2)n1. The second kappa shape index (κ2) is 8.28. The molecule has 1 aliphatic rings. The summed E-state index contributed by atoms with van der Waals surface area (Å²) in [6.45, 7) is 5.83. The predicted octanol–water partition coefficient (Wildman–Crippen LogP) is 4.60. The van der Waals surface area contributed by atoms with Crippen LogP contribution in [0, 0.1) is 11.6 Å². The fraction of sp³-hybridized carbons (Fsp3) is 0.300. The molecule has 1 aromatic carbocycles. The number of halogens is 2. The van der Waals surface area contributed by atoms with Crippen LogP contribution < -0.4 is 10.4 Å². The van der Waals surface area contributed by atoms with Gasteiger partial charge in [0.25, 0.3) is 0 Å². The Balaban J connectivity index is 1.92. The molecule has 0 bridgehead atoms. The number of benzene rings is 1. The lowest BCUT2D eigenvalue weighted by molar-refractivity contribution is -0.136. The van der Waals surface area contributed by atoms with Crippen LogP contribution in [-0.2, 0) is 4.79 Å². The molecule has 148 valence electrons. The van der Waals surface area contributed by atoms with Crippen LogP contribution in [0.2, 0.25) is 0 Å². The average molecular weight is 405 g/mol. The highest BCUT2D eigenvalue weighted by Gasteiger charge is 2.27. The number of carboxylic acids is 1. The van der Waals surface area contributed by atoms with E-state index in [-0.39, 0.29) is 18.2 Å². The van der Waals surface area contributed by atoms with Crippen molar-refractivity contribution in [2.24, 2.45) is 0 Å². The second-order valence-electron chi connectivity index (χ2n) is 6.81. The summed E-state index contributed by atoms with van der Waals surface area (Å²) >= 11 is 1.57. The molecule has 2 N–H and O–H groups in total. The van der Waals surface area contributed by atoms with E-state index < -0.39 is 17.6 Å². The van der Waals surface area contributed by atoms with Crippen LogP contribution in [0.4, 0.5) is 14.5 Å². The van der Waals surface area contributed by atoms with Crippen LogP contribution >= 0.6 is 11.8 Å². The number of carbonyl (C=O) groups is 1. The molecule has 1 unspecified atom stereocenters. The van der Waals surface area contributed by atoms with Gasteiger partial charge in [-0.3, -0.25) is 9.80 Å². The average Bonchev–Trinajstić information content (AvgIpc) is 2.93. The number of carboxylic acid groups (broad SMARTS) is 1. The third kappa shape index (κ3) is 4.51. The van der Waals surface area contributed by atoms with Crippen LogP contribution in [0.25, 0.3) is 11.3 Å². The third-order valence-corrected chi connectivity index (χ3v) is 5.11. The van der Waals surface area contributed by atoms with Gasteiger partial charge in [0.2, 0.25) is 0 Å². The van der Waals surface area contributed by atoms with Gasteiger partial charge in [0.15, 0.2) is 11.6 Å². The summed E-state index contributed by atoms with van der Waals surface area (Å²) in [6, 6.07) is 7.51. The minimum Gasteiger partial charge on any atom is -0.481 e. The van der Waals surface area contributed by atoms with Crippen molar-refractivity contribution >= 4 is 23.4 Å². The Hall–Kier alpha value is -2.45. The Morgan fingerprint density at radius 2 is 2.00 bits per heavy atom. The minimum atomic E-state index is -0.997. The maximum atomic E-state index is 14.8. The molecule has 0 radical (unpaired) electrons. The molecule has 0 saturated carbocycles. The molecule has 8 heteroatoms. The van der Waals surface area contributed by atoms with Crippen molar-refractivity contribution in [1.29, 1.82) is 0 Å². The third-order valence-electron chi connectivity index (χ3n) is 4.17. The number of thioether (sulfide) groups is 1. The molecule has 0 aliphatic carbocycles. The molecule has 1 aliphatic heterocycles. The van der Waals surface area contributed by atoms with Crippen molar-refractivity contribution < 1.29 is 18.7 Å². The summed E-state index contributed by atoms with van der Waals surface area (Å²) in [6.07, 6.45) is 1.23. The first-order valence-electron chi connectivity index (χ1n) is 8.85. The zero-order chi connectivity index (χ0) is 20.4. The van der Waals surface area contributed by atoms with Gasteiger partial charge in [-0.15, -0.1) is 11.8 Å². The lowest BCUT2D eigenvalue weighted by Crippen LogP contribution is -2.35. The van der Waals surface area contributed by atoms with E-state index in [1.807, 2.05) is 19.9 Å². The molecule has 2 aromatic rings. The first kappa shape index (κ1) is 20.3. The Morgan fingerprint density at radius 1 is 1.32 bits per heavy atom. The molecule has 1 aromatic heterocycles. The number of anilines is 1. The number of hydrazine groups is 1. The summed E-state index contributed by atoms with van der Waals surface area (Å²) in [4.78, 5) is 15.4. The molecule has 1 atom stereocenters. The first-order valence-corrected chi connectivity index (χ1v) is 9.73. The van der Waals surface area contributed by atoms with Gasteiger partial charge in [-0.1, -0.05) is 19.9 Å². The zero-order valence-corrected chi connectivity index (χ0v) is 16.6. The maximum absolute atomic E-state index is 14.8. The lowest BCUT2D eigenvalue weighted by Gasteiger charge is -2.20. The van der Waals surface area contributed by atoms with Crippen molar-refractivity contribution in [2.45, 2.75) is 43.5 Å². The highest BCUT2D eigenvalue weighted by atomic mass is 32.2. The second-order valence-corrected chi connectivity index (χ2v) is 8.41. The number of rotatable bonds is 6. The molecule has 3 rings (SSSR count). The van der Waals surface area contributed by atoms with E-state index in [0.29, 0.717) is 22.1 Å². The maximum Gasteiger partial charge on any atom is 0.307 e. The van der Waals surface area contributed by atoms with Crippen molar-refractivity contribution in [3.8, 4) is 11.3 Å². The first-order chi connectivity index (χ1) is 13.2. The van der Waals surface area contributed by atoms with E-state index in [1.165, 1.54) is 23.3 Å². The number of nitrogens with zero attached hydrogens (tertiary/aromatic N) is 2. The van der Waals surface area contributed by atoms with Gasteiger partial charge in [0, 0.05) is 23.1 Å². The van der Waals surface area contributed by atoms with Crippen LogP contribution in [-0.4, -0.2) is 27.4 Å². The van der Waals surface area contributed by atoms with E-state index >= 15 is 0 Å². The van der Waals surface area contributed by atoms with E-state index in [0.717, 1.165) is 5.03 Å². The van der Waals surface area contributed by atoms with Crippen molar-refractivity contribution in [2.75, 3.05) is 5.01 Å². The monoisotopic (exact) mass is 405 g/mol. The Kier molecular flexibility index (Phi) is 6.00. The summed E-state index contributed by atoms with van der Waals surface area (Å²) in [7, 11) is 0. The number of aromatic nitrogens is 1. The van der Waals surface area contributed by atoms with Gasteiger partial charge in [-0.25, -0.2) is 19.2 Å². The summed E-state index contributed by atoms with van der Waals surface area (Å²) in [5.74, 6) is -2.51. The highest BCUT2D eigenvalue weighted by Crippen LogP contribution is 2.32. The van der Waals surface area contributed by atoms with E-state index in [1.54, 1.807) is 30.8 Å². The van der Waals surface area contributed by atoms with E-state index in [4.69, 9.17) is 5.11 Å². The van der Waals surface area contributed by atoms with E-state index in [9.17, 15) is 13.6 Å². The van der Waals surface area contributed by atoms with Gasteiger partial charge in [0.05, 0.1) is 17.1 Å². The molecule has 0 amide bonds. The predicted molar refractivity (Wildman–Crippen MR) is 106 cm³/mol. The van der Waals surface area contributed by atoms with Crippen LogP contribution in [0.3, 0.4) is 0 Å². The van der Waals surface area contributed by atoms with Crippen LogP contribution in [0.5, 0.6) is 0 Å². The minimum absolute atomic E-state index is 0.198. The summed E-state index contributed by atoms with van der Waals surface area (Å²) in [5.41, 5.74) is 3.96. The van der Waals surface area contributed by atoms with Crippen LogP contribution in [0.15, 0.2) is 47.1 Å². The highest BCUT2D eigenvalue weighted by molar-refractivity contribution is 7.99. The van der Waals surface area contributed by atoms with Crippen LogP contribution in [0.1, 0.15) is 27.2 Å². The van der Waals surface area contributed by atoms with Gasteiger partial charge in [0.1, 0.15) is 5.69 Å². The number of nitrogens with one attached hydrogen (secondary N) is 1. The summed E-state index contributed by atoms with van der Waals surface area (Å²) in [5, 5.41) is 11.3. The number of aliphatic carboxylic acids is 1. The molecular weight excluding hydrogens is 384 g/mol. The van der Waals surface area contributed by atoms with Crippen molar-refractivity contribution in [3.05, 3.63) is 53.7 Å². The molecule has 2 heterocycles. The number of hydrogen-bond donors (Lipinski definition) is 2. The topological polar surface area (TPSA) is 65.5 Å². The Labute approximate surface area is 166 Å². The smallest absolute Gasteiger partial charge is 0.307 e. The van der Waals surface area contributed by atoms with Gasteiger partial charge in [-0.05, 0) is 36.8 Å². The van der Waals surface area contributed by atoms with Gasteiger partial charge >= 0.3 is 5.97 Å². The van der Waals surface area contributed by atoms with Crippen molar-refractivity contribution in [1.82, 2.24) is 10.4 Å². The lowest BCUT2D eigenvalue weighted by atomic mass is 10.1. The molecule has 5 nitrogen and oxygen atoms in total. The van der Waals surface area contributed by atoms with Gasteiger partial charge in [-0.2, -0.15) is 0 Å². The van der Waals surface area contributed by atoms with Crippen molar-refractivity contribution in [3.63, 3.8) is 0 Å². The van der Waals surface area contributed by atoms with E-state index in [2.05, 4.69) is 10.4 Å². The molecule has 0 spiro atoms. The standard InChI is InChI=1S/C20H21F2N3O2S/c1-11(2)28-18-6-4-5-17(23-18)13-7-15(21)20(16(22)8-13)25-10-14(9-19(26)27)12(3)24-25/h4-8,10-12,24H,9H2,1-3H3,(H,26,27). The number of hydrogen-bond acceptors (Lipinski definition) is 5. The quantitative estimate of drug-likeness (QED) is 0.685. The molecule has 0 fully saturated rings. The fourth-order valence-corrected chi connectivity index (χ4v) is 3.73.